The minimum atomic E-state index is -0.999. The van der Waals surface area contributed by atoms with Crippen LogP contribution in [0.3, 0.4) is 0 Å². The minimum absolute atomic E-state index is 0.103. The molecular formula is C22H23NO2. The predicted octanol–water partition coefficient (Wildman–Crippen LogP) is 5.31. The molecule has 0 aromatic heterocycles. The van der Waals surface area contributed by atoms with Gasteiger partial charge < -0.3 is 10.0 Å². The predicted molar refractivity (Wildman–Crippen MR) is 106 cm³/mol. The van der Waals surface area contributed by atoms with Gasteiger partial charge in [-0.2, -0.15) is 0 Å². The van der Waals surface area contributed by atoms with E-state index in [2.05, 4.69) is 55.8 Å². The second kappa shape index (κ2) is 8.15. The van der Waals surface area contributed by atoms with Crippen LogP contribution < -0.4 is 4.90 Å². The molecule has 2 aromatic carbocycles. The zero-order valence-electron chi connectivity index (χ0n) is 14.9. The number of carboxylic acids is 1. The van der Waals surface area contributed by atoms with Gasteiger partial charge in [0.25, 0.3) is 0 Å². The average molecular weight is 333 g/mol. The first-order chi connectivity index (χ1) is 11.9. The summed E-state index contributed by atoms with van der Waals surface area (Å²) in [4.78, 5) is 13.0. The van der Waals surface area contributed by atoms with E-state index < -0.39 is 5.97 Å². The van der Waals surface area contributed by atoms with Crippen molar-refractivity contribution in [2.45, 2.75) is 13.8 Å². The second-order valence-corrected chi connectivity index (χ2v) is 6.15. The van der Waals surface area contributed by atoms with Crippen molar-refractivity contribution in [3.8, 4) is 0 Å². The first-order valence-corrected chi connectivity index (χ1v) is 8.05. The molecule has 2 rings (SSSR count). The highest BCUT2D eigenvalue weighted by Gasteiger charge is 2.05. The molecule has 0 aliphatic heterocycles. The fraction of sp³-hybridized carbons (Fsp3) is 0.136. The van der Waals surface area contributed by atoms with Gasteiger partial charge in [-0.25, -0.2) is 4.79 Å². The smallest absolute Gasteiger partial charge is 0.335 e. The molecule has 3 heteroatoms. The van der Waals surface area contributed by atoms with Gasteiger partial charge in [0.05, 0.1) is 5.57 Å². The van der Waals surface area contributed by atoms with Gasteiger partial charge in [0.2, 0.25) is 0 Å². The summed E-state index contributed by atoms with van der Waals surface area (Å²) in [6.45, 7) is 7.71. The highest BCUT2D eigenvalue weighted by atomic mass is 16.4. The van der Waals surface area contributed by atoms with E-state index in [0.29, 0.717) is 5.56 Å². The van der Waals surface area contributed by atoms with Gasteiger partial charge in [0, 0.05) is 18.9 Å². The van der Waals surface area contributed by atoms with Crippen molar-refractivity contribution >= 4 is 29.4 Å². The van der Waals surface area contributed by atoms with E-state index in [1.165, 1.54) is 5.57 Å². The van der Waals surface area contributed by atoms with Gasteiger partial charge in [-0.15, -0.1) is 0 Å². The Balaban J connectivity index is 2.08. The average Bonchev–Trinajstić information content (AvgIpc) is 2.59. The summed E-state index contributed by atoms with van der Waals surface area (Å²) in [6.07, 6.45) is 6.13. The Morgan fingerprint density at radius 3 is 1.88 bits per heavy atom. The van der Waals surface area contributed by atoms with E-state index in [9.17, 15) is 4.79 Å². The van der Waals surface area contributed by atoms with Crippen molar-refractivity contribution in [3.63, 3.8) is 0 Å². The standard InChI is InChI=1S/C22H23NO2/c1-16(2)15-23(4)21-13-9-19(10-14-21)6-5-18-7-11-20(12-8-18)17(3)22(24)25/h5-15H,3H2,1-2,4H3,(H,24,25). The van der Waals surface area contributed by atoms with Crippen LogP contribution in [0.5, 0.6) is 0 Å². The number of benzene rings is 2. The van der Waals surface area contributed by atoms with E-state index in [4.69, 9.17) is 5.11 Å². The molecule has 0 aliphatic carbocycles. The lowest BCUT2D eigenvalue weighted by atomic mass is 10.0. The number of aliphatic carboxylic acids is 1. The fourth-order valence-corrected chi connectivity index (χ4v) is 2.39. The van der Waals surface area contributed by atoms with Crippen molar-refractivity contribution in [2.24, 2.45) is 0 Å². The second-order valence-electron chi connectivity index (χ2n) is 6.15. The molecule has 0 atom stereocenters. The van der Waals surface area contributed by atoms with Crippen LogP contribution in [0.4, 0.5) is 5.69 Å². The van der Waals surface area contributed by atoms with Crippen molar-refractivity contribution in [2.75, 3.05) is 11.9 Å². The van der Waals surface area contributed by atoms with Crippen LogP contribution >= 0.6 is 0 Å². The molecule has 3 nitrogen and oxygen atoms in total. The molecule has 128 valence electrons. The van der Waals surface area contributed by atoms with E-state index in [1.54, 1.807) is 12.1 Å². The zero-order valence-corrected chi connectivity index (χ0v) is 14.9. The van der Waals surface area contributed by atoms with Gasteiger partial charge in [0.15, 0.2) is 0 Å². The molecule has 0 radical (unpaired) electrons. The van der Waals surface area contributed by atoms with Crippen LogP contribution in [0.25, 0.3) is 17.7 Å². The summed E-state index contributed by atoms with van der Waals surface area (Å²) in [7, 11) is 2.03. The van der Waals surface area contributed by atoms with Crippen LogP contribution in [0.15, 0.2) is 66.9 Å². The SMILES string of the molecule is C=C(C(=O)O)c1ccc(C=Cc2ccc(N(C)C=C(C)C)cc2)cc1. The maximum absolute atomic E-state index is 10.9. The van der Waals surface area contributed by atoms with Crippen molar-refractivity contribution in [1.82, 2.24) is 0 Å². The number of hydrogen-bond acceptors (Lipinski definition) is 2. The van der Waals surface area contributed by atoms with Gasteiger partial charge in [0.1, 0.15) is 0 Å². The van der Waals surface area contributed by atoms with Crippen molar-refractivity contribution < 1.29 is 9.90 Å². The molecule has 0 heterocycles. The Bertz CT molecular complexity index is 808. The van der Waals surface area contributed by atoms with Crippen LogP contribution in [0.1, 0.15) is 30.5 Å². The third-order valence-electron chi connectivity index (χ3n) is 3.74. The molecule has 0 saturated heterocycles. The minimum Gasteiger partial charge on any atom is -0.478 e. The summed E-state index contributed by atoms with van der Waals surface area (Å²) in [5.41, 5.74) is 5.22. The molecular weight excluding hydrogens is 310 g/mol. The van der Waals surface area contributed by atoms with Gasteiger partial charge in [-0.3, -0.25) is 0 Å². The maximum atomic E-state index is 10.9. The van der Waals surface area contributed by atoms with Crippen LogP contribution in [-0.4, -0.2) is 18.1 Å². The van der Waals surface area contributed by atoms with E-state index >= 15 is 0 Å². The normalized spacial score (nSPS) is 10.5. The third kappa shape index (κ3) is 5.21. The topological polar surface area (TPSA) is 40.5 Å². The first-order valence-electron chi connectivity index (χ1n) is 8.05. The van der Waals surface area contributed by atoms with Gasteiger partial charge in [-0.1, -0.05) is 60.7 Å². The molecule has 1 N–H and O–H groups in total. The summed E-state index contributed by atoms with van der Waals surface area (Å²) in [6, 6.07) is 15.6. The molecule has 0 fully saturated rings. The molecule has 2 aromatic rings. The maximum Gasteiger partial charge on any atom is 0.335 e. The number of carboxylic acid groups (broad SMARTS) is 1. The highest BCUT2D eigenvalue weighted by Crippen LogP contribution is 2.18. The molecule has 0 bridgehead atoms. The number of hydrogen-bond donors (Lipinski definition) is 1. The quantitative estimate of drug-likeness (QED) is 0.575. The summed E-state index contributed by atoms with van der Waals surface area (Å²) in [5.74, 6) is -0.999. The Hall–Kier alpha value is -3.07. The van der Waals surface area contributed by atoms with Crippen LogP contribution in [0.2, 0.25) is 0 Å². The lowest BCUT2D eigenvalue weighted by Crippen LogP contribution is -2.08. The number of carbonyl (C=O) groups is 1. The first kappa shape index (κ1) is 18.3. The number of nitrogens with zero attached hydrogens (tertiary/aromatic N) is 1. The van der Waals surface area contributed by atoms with E-state index in [1.807, 2.05) is 31.3 Å². The summed E-state index contributed by atoms with van der Waals surface area (Å²) >= 11 is 0. The van der Waals surface area contributed by atoms with Gasteiger partial charge >= 0.3 is 5.97 Å². The van der Waals surface area contributed by atoms with E-state index in [-0.39, 0.29) is 5.57 Å². The Morgan fingerprint density at radius 2 is 1.44 bits per heavy atom. The fourth-order valence-electron chi connectivity index (χ4n) is 2.39. The molecule has 0 amide bonds. The monoisotopic (exact) mass is 333 g/mol. The lowest BCUT2D eigenvalue weighted by molar-refractivity contribution is -0.130. The summed E-state index contributed by atoms with van der Waals surface area (Å²) < 4.78 is 0. The molecule has 0 aliphatic rings. The Morgan fingerprint density at radius 1 is 0.960 bits per heavy atom. The third-order valence-corrected chi connectivity index (χ3v) is 3.74. The lowest BCUT2D eigenvalue weighted by Gasteiger charge is -2.15. The molecule has 0 unspecified atom stereocenters. The summed E-state index contributed by atoms with van der Waals surface area (Å²) in [5, 5.41) is 8.95. The van der Waals surface area contributed by atoms with Crippen LogP contribution in [-0.2, 0) is 4.79 Å². The van der Waals surface area contributed by atoms with Crippen molar-refractivity contribution in [3.05, 3.63) is 83.6 Å². The zero-order chi connectivity index (χ0) is 18.4. The number of rotatable bonds is 6. The van der Waals surface area contributed by atoms with Crippen molar-refractivity contribution in [1.29, 1.82) is 0 Å². The van der Waals surface area contributed by atoms with Gasteiger partial charge in [-0.05, 0) is 42.7 Å². The highest BCUT2D eigenvalue weighted by molar-refractivity contribution is 6.14. The van der Waals surface area contributed by atoms with Crippen LogP contribution in [0, 0.1) is 0 Å². The molecule has 25 heavy (non-hydrogen) atoms. The Labute approximate surface area is 149 Å². The van der Waals surface area contributed by atoms with E-state index in [0.717, 1.165) is 16.8 Å². The number of allylic oxidation sites excluding steroid dienone is 1. The number of anilines is 1. The molecule has 0 saturated carbocycles. The Kier molecular flexibility index (Phi) is 5.96. The molecule has 0 spiro atoms. The largest absolute Gasteiger partial charge is 0.478 e.